The minimum Gasteiger partial charge on any atom is -0.481 e. The fraction of sp³-hybridized carbons (Fsp3) is 0.423. The van der Waals surface area contributed by atoms with Crippen molar-refractivity contribution in [2.24, 2.45) is 5.73 Å². The van der Waals surface area contributed by atoms with Gasteiger partial charge in [-0.25, -0.2) is 9.97 Å². The third-order valence-electron chi connectivity index (χ3n) is 6.05. The van der Waals surface area contributed by atoms with E-state index in [0.29, 0.717) is 30.1 Å². The monoisotopic (exact) mass is 508 g/mol. The fourth-order valence-corrected chi connectivity index (χ4v) is 5.28. The van der Waals surface area contributed by atoms with Crippen LogP contribution in [0.4, 0.5) is 0 Å². The Balaban J connectivity index is 1.61. The zero-order chi connectivity index (χ0) is 25.9. The van der Waals surface area contributed by atoms with E-state index in [2.05, 4.69) is 20.2 Å². The first kappa shape index (κ1) is 25.7. The van der Waals surface area contributed by atoms with E-state index in [1.807, 2.05) is 56.2 Å². The first-order valence-corrected chi connectivity index (χ1v) is 12.8. The summed E-state index contributed by atoms with van der Waals surface area (Å²) in [7, 11) is 1.51. The Hall–Kier alpha value is -3.37. The number of nitrogens with two attached hydrogens (primary N) is 1. The van der Waals surface area contributed by atoms with Crippen LogP contribution in [0.5, 0.6) is 5.88 Å². The normalized spacial score (nSPS) is 18.1. The van der Waals surface area contributed by atoms with Gasteiger partial charge >= 0.3 is 0 Å². The van der Waals surface area contributed by atoms with Gasteiger partial charge in [0.25, 0.3) is 11.8 Å². The zero-order valence-corrected chi connectivity index (χ0v) is 22.1. The molecule has 3 aromatic rings. The fourth-order valence-electron chi connectivity index (χ4n) is 4.33. The molecule has 3 aromatic heterocycles. The van der Waals surface area contributed by atoms with Crippen molar-refractivity contribution in [3.63, 3.8) is 0 Å². The molecule has 0 aliphatic carbocycles. The average Bonchev–Trinajstić information content (AvgIpc) is 3.62. The molecule has 4 rings (SSSR count). The molecule has 1 aliphatic heterocycles. The van der Waals surface area contributed by atoms with Crippen molar-refractivity contribution in [2.75, 3.05) is 13.7 Å². The summed E-state index contributed by atoms with van der Waals surface area (Å²) in [6.45, 7) is 8.44. The van der Waals surface area contributed by atoms with Crippen LogP contribution >= 0.6 is 11.3 Å². The van der Waals surface area contributed by atoms with Crippen LogP contribution < -0.4 is 10.5 Å². The molecule has 36 heavy (non-hydrogen) atoms. The van der Waals surface area contributed by atoms with Crippen LogP contribution in [0.2, 0.25) is 0 Å². The number of pyridine rings is 1. The molecule has 2 atom stereocenters. The number of allylic oxidation sites excluding steroid dienone is 3. The number of ether oxygens (including phenoxy) is 1. The Morgan fingerprint density at radius 1 is 1.36 bits per heavy atom. The predicted octanol–water partition coefficient (Wildman–Crippen LogP) is 4.97. The van der Waals surface area contributed by atoms with Crippen molar-refractivity contribution in [3.8, 4) is 17.5 Å². The summed E-state index contributed by atoms with van der Waals surface area (Å²) in [5, 5.41) is 11.3. The largest absolute Gasteiger partial charge is 0.481 e. The topological polar surface area (TPSA) is 120 Å². The lowest BCUT2D eigenvalue weighted by Crippen LogP contribution is -2.33. The second-order valence-corrected chi connectivity index (χ2v) is 10.2. The third-order valence-corrected chi connectivity index (χ3v) is 7.11. The number of amides is 1. The molecule has 2 N–H and O–H groups in total. The van der Waals surface area contributed by atoms with E-state index in [9.17, 15) is 4.79 Å². The highest BCUT2D eigenvalue weighted by Gasteiger charge is 2.34. The van der Waals surface area contributed by atoms with E-state index in [0.717, 1.165) is 29.1 Å². The smallest absolute Gasteiger partial charge is 0.266 e. The second kappa shape index (κ2) is 10.7. The lowest BCUT2D eigenvalue weighted by molar-refractivity contribution is 0.0735. The van der Waals surface area contributed by atoms with Gasteiger partial charge < -0.3 is 19.8 Å². The molecule has 9 nitrogen and oxygen atoms in total. The quantitative estimate of drug-likeness (QED) is 0.424. The molecule has 1 aliphatic rings. The number of rotatable bonds is 8. The summed E-state index contributed by atoms with van der Waals surface area (Å²) in [5.74, 6) is 0.651. The van der Waals surface area contributed by atoms with Gasteiger partial charge in [0, 0.05) is 29.2 Å². The van der Waals surface area contributed by atoms with E-state index in [1.165, 1.54) is 7.11 Å². The number of likely N-dealkylation sites (tertiary alicyclic amines) is 1. The maximum absolute atomic E-state index is 13.6. The van der Waals surface area contributed by atoms with Crippen LogP contribution in [0.1, 0.15) is 73.0 Å². The molecule has 0 radical (unpaired) electrons. The summed E-state index contributed by atoms with van der Waals surface area (Å²) in [6.07, 6.45) is 8.27. The molecule has 1 amide bonds. The SMILES string of the molecule is CC=CC=C(C)CC(C)(N)c1nnc(-c2cc(C(=O)N3CCCC3c3nc(C)cs3)cc(OC)n2)o1. The number of hydrogen-bond acceptors (Lipinski definition) is 9. The van der Waals surface area contributed by atoms with E-state index in [1.54, 1.807) is 23.5 Å². The molecule has 4 heterocycles. The van der Waals surface area contributed by atoms with E-state index >= 15 is 0 Å². The van der Waals surface area contributed by atoms with E-state index < -0.39 is 5.54 Å². The van der Waals surface area contributed by atoms with Gasteiger partial charge in [-0.15, -0.1) is 21.5 Å². The van der Waals surface area contributed by atoms with Gasteiger partial charge in [-0.1, -0.05) is 23.8 Å². The summed E-state index contributed by atoms with van der Waals surface area (Å²) in [6, 6.07) is 3.26. The highest BCUT2D eigenvalue weighted by Crippen LogP contribution is 2.35. The van der Waals surface area contributed by atoms with Crippen molar-refractivity contribution < 1.29 is 13.9 Å². The number of nitrogens with zero attached hydrogens (tertiary/aromatic N) is 5. The molecular weight excluding hydrogens is 476 g/mol. The highest BCUT2D eigenvalue weighted by atomic mass is 32.1. The molecule has 190 valence electrons. The summed E-state index contributed by atoms with van der Waals surface area (Å²) in [4.78, 5) is 24.5. The van der Waals surface area contributed by atoms with Gasteiger partial charge in [0.05, 0.1) is 18.7 Å². The van der Waals surface area contributed by atoms with Crippen molar-refractivity contribution in [1.82, 2.24) is 25.1 Å². The Labute approximate surface area is 215 Å². The van der Waals surface area contributed by atoms with Crippen molar-refractivity contribution in [1.29, 1.82) is 0 Å². The Bertz CT molecular complexity index is 1290. The molecule has 10 heteroatoms. The number of carbonyl (C=O) groups excluding carboxylic acids is 1. The Morgan fingerprint density at radius 2 is 2.17 bits per heavy atom. The number of aromatic nitrogens is 4. The van der Waals surface area contributed by atoms with Crippen LogP contribution in [-0.2, 0) is 5.54 Å². The van der Waals surface area contributed by atoms with Gasteiger partial charge in [-0.3, -0.25) is 4.79 Å². The molecule has 0 spiro atoms. The molecule has 0 aromatic carbocycles. The minimum absolute atomic E-state index is 0.0365. The first-order chi connectivity index (χ1) is 17.2. The molecule has 1 saturated heterocycles. The molecule has 2 unspecified atom stereocenters. The van der Waals surface area contributed by atoms with Gasteiger partial charge in [-0.05, 0) is 53.0 Å². The maximum Gasteiger partial charge on any atom is 0.266 e. The summed E-state index contributed by atoms with van der Waals surface area (Å²) in [5.41, 5.74) is 8.51. The van der Waals surface area contributed by atoms with Crippen molar-refractivity contribution in [2.45, 2.75) is 58.5 Å². The summed E-state index contributed by atoms with van der Waals surface area (Å²) < 4.78 is 11.3. The van der Waals surface area contributed by atoms with Crippen LogP contribution in [0, 0.1) is 6.92 Å². The number of aryl methyl sites for hydroxylation is 1. The highest BCUT2D eigenvalue weighted by molar-refractivity contribution is 7.09. The van der Waals surface area contributed by atoms with Crippen LogP contribution in [0.3, 0.4) is 0 Å². The third kappa shape index (κ3) is 5.55. The Kier molecular flexibility index (Phi) is 7.65. The number of carbonyl (C=O) groups is 1. The minimum atomic E-state index is -0.862. The van der Waals surface area contributed by atoms with Crippen LogP contribution in [-0.4, -0.2) is 44.6 Å². The summed E-state index contributed by atoms with van der Waals surface area (Å²) >= 11 is 1.59. The van der Waals surface area contributed by atoms with E-state index in [4.69, 9.17) is 14.9 Å². The predicted molar refractivity (Wildman–Crippen MR) is 139 cm³/mol. The van der Waals surface area contributed by atoms with Gasteiger partial charge in [-0.2, -0.15) is 0 Å². The zero-order valence-electron chi connectivity index (χ0n) is 21.3. The Morgan fingerprint density at radius 3 is 2.86 bits per heavy atom. The molecule has 1 fully saturated rings. The molecular formula is C26H32N6O3S. The lowest BCUT2D eigenvalue weighted by Gasteiger charge is -2.23. The van der Waals surface area contributed by atoms with Crippen molar-refractivity contribution >= 4 is 17.2 Å². The van der Waals surface area contributed by atoms with Crippen LogP contribution in [0.25, 0.3) is 11.6 Å². The van der Waals surface area contributed by atoms with Crippen LogP contribution in [0.15, 0.2) is 45.7 Å². The lowest BCUT2D eigenvalue weighted by atomic mass is 9.94. The van der Waals surface area contributed by atoms with Gasteiger partial charge in [0.2, 0.25) is 11.8 Å². The molecule has 0 bridgehead atoms. The average molecular weight is 509 g/mol. The number of thiazole rings is 1. The standard InChI is InChI=1S/C26H32N6O3S/c1-6-7-9-16(2)14-26(4,27)25-31-30-22(35-25)19-12-18(13-21(29-19)34-5)24(33)32-11-8-10-20(32)23-28-17(3)15-36-23/h6-7,9,12-13,15,20H,8,10-11,14,27H2,1-5H3. The second-order valence-electron chi connectivity index (χ2n) is 9.31. The van der Waals surface area contributed by atoms with Gasteiger partial charge in [0.1, 0.15) is 10.7 Å². The molecule has 0 saturated carbocycles. The maximum atomic E-state index is 13.6. The first-order valence-electron chi connectivity index (χ1n) is 11.9. The van der Waals surface area contributed by atoms with Gasteiger partial charge in [0.15, 0.2) is 0 Å². The van der Waals surface area contributed by atoms with Crippen molar-refractivity contribution in [3.05, 3.63) is 63.5 Å². The van der Waals surface area contributed by atoms with E-state index in [-0.39, 0.29) is 23.7 Å². The number of methoxy groups -OCH3 is 1. The number of hydrogen-bond donors (Lipinski definition) is 1.